The number of nitrogens with zero attached hydrogens (tertiary/aromatic N) is 4. The highest BCUT2D eigenvalue weighted by molar-refractivity contribution is 6.15. The highest BCUT2D eigenvalue weighted by atomic mass is 15.0. The van der Waals surface area contributed by atoms with Crippen LogP contribution in [0.3, 0.4) is 0 Å². The third-order valence-electron chi connectivity index (χ3n) is 11.6. The van der Waals surface area contributed by atoms with Crippen LogP contribution in [0.5, 0.6) is 0 Å². The van der Waals surface area contributed by atoms with Crippen molar-refractivity contribution in [3.05, 3.63) is 193 Å². The molecule has 0 radical (unpaired) electrons. The molecular formula is C52H36N4. The Morgan fingerprint density at radius 1 is 0.375 bits per heavy atom. The second-order valence-corrected chi connectivity index (χ2v) is 15.2. The molecule has 2 heterocycles. The van der Waals surface area contributed by atoms with Crippen molar-refractivity contribution in [1.29, 1.82) is 0 Å². The van der Waals surface area contributed by atoms with Crippen molar-refractivity contribution in [2.75, 3.05) is 0 Å². The van der Waals surface area contributed by atoms with Gasteiger partial charge in [0.15, 0.2) is 17.5 Å². The molecule has 0 amide bonds. The van der Waals surface area contributed by atoms with E-state index in [1.807, 2.05) is 60.7 Å². The number of fused-ring (bicyclic) bond motifs is 8. The molecule has 4 heteroatoms. The fraction of sp³-hybridized carbons (Fsp3) is 0.0577. The quantitative estimate of drug-likeness (QED) is 0.178. The topological polar surface area (TPSA) is 43.6 Å². The Morgan fingerprint density at radius 3 is 1.57 bits per heavy atom. The van der Waals surface area contributed by atoms with Crippen LogP contribution in [-0.4, -0.2) is 19.5 Å². The Morgan fingerprint density at radius 2 is 0.911 bits per heavy atom. The van der Waals surface area contributed by atoms with E-state index in [0.29, 0.717) is 17.5 Å². The number of rotatable bonds is 5. The van der Waals surface area contributed by atoms with Gasteiger partial charge in [0.25, 0.3) is 0 Å². The zero-order valence-corrected chi connectivity index (χ0v) is 31.1. The van der Waals surface area contributed by atoms with E-state index < -0.39 is 0 Å². The summed E-state index contributed by atoms with van der Waals surface area (Å²) < 4.78 is 2.42. The monoisotopic (exact) mass is 716 g/mol. The SMILES string of the molecule is CC1(C)c2cc3c(cc2-c2c1cc(-c1ccccc1)c1ccccc21)c1ccccc1n3-c1cccc(-c2nc(-c3ccccc3)nc(-c3ccccc3)n2)c1. The Bertz CT molecular complexity index is 3090. The summed E-state index contributed by atoms with van der Waals surface area (Å²) in [6.45, 7) is 4.77. The van der Waals surface area contributed by atoms with Gasteiger partial charge < -0.3 is 4.57 Å². The number of hydrogen-bond donors (Lipinski definition) is 0. The summed E-state index contributed by atoms with van der Waals surface area (Å²) in [6.07, 6.45) is 0. The van der Waals surface area contributed by atoms with Crippen LogP contribution in [-0.2, 0) is 5.41 Å². The van der Waals surface area contributed by atoms with Crippen molar-refractivity contribution in [2.24, 2.45) is 0 Å². The van der Waals surface area contributed by atoms with Gasteiger partial charge in [-0.25, -0.2) is 15.0 Å². The summed E-state index contributed by atoms with van der Waals surface area (Å²) >= 11 is 0. The molecule has 10 aromatic rings. The van der Waals surface area contributed by atoms with Crippen LogP contribution in [0.2, 0.25) is 0 Å². The maximum Gasteiger partial charge on any atom is 0.164 e. The molecule has 0 bridgehead atoms. The van der Waals surface area contributed by atoms with E-state index in [2.05, 4.69) is 140 Å². The normalized spacial score (nSPS) is 13.0. The standard InChI is InChI=1S/C52H36N4/c1-52(2)44-32-47-42(30-43(44)48-40-27-13-12-25-38(40)41(31-45(48)52)33-17-6-3-7-18-33)39-26-14-15-28-46(39)56(47)37-24-16-23-36(29-37)51-54-49(34-19-8-4-9-20-34)53-50(55-51)35-21-10-5-11-22-35/h3-32H,1-2H3. The average Bonchev–Trinajstić information content (AvgIpc) is 3.70. The van der Waals surface area contributed by atoms with Gasteiger partial charge in [0.2, 0.25) is 0 Å². The van der Waals surface area contributed by atoms with Crippen LogP contribution in [0.25, 0.3) is 94.7 Å². The van der Waals surface area contributed by atoms with E-state index in [-0.39, 0.29) is 5.41 Å². The Kier molecular flexibility index (Phi) is 7.17. The summed E-state index contributed by atoms with van der Waals surface area (Å²) in [7, 11) is 0. The zero-order chi connectivity index (χ0) is 37.4. The van der Waals surface area contributed by atoms with Gasteiger partial charge in [0.1, 0.15) is 0 Å². The molecule has 4 nitrogen and oxygen atoms in total. The smallest absolute Gasteiger partial charge is 0.164 e. The van der Waals surface area contributed by atoms with Crippen LogP contribution >= 0.6 is 0 Å². The predicted molar refractivity (Wildman–Crippen MR) is 231 cm³/mol. The van der Waals surface area contributed by atoms with Gasteiger partial charge in [-0.3, -0.25) is 0 Å². The molecule has 0 unspecified atom stereocenters. The van der Waals surface area contributed by atoms with Gasteiger partial charge >= 0.3 is 0 Å². The second-order valence-electron chi connectivity index (χ2n) is 15.2. The van der Waals surface area contributed by atoms with Crippen LogP contribution in [0.15, 0.2) is 182 Å². The first-order valence-corrected chi connectivity index (χ1v) is 19.2. The summed E-state index contributed by atoms with van der Waals surface area (Å²) in [5, 5.41) is 5.05. The maximum atomic E-state index is 5.06. The van der Waals surface area contributed by atoms with Gasteiger partial charge in [0.05, 0.1) is 11.0 Å². The van der Waals surface area contributed by atoms with E-state index in [0.717, 1.165) is 27.9 Å². The highest BCUT2D eigenvalue weighted by Gasteiger charge is 2.38. The largest absolute Gasteiger partial charge is 0.309 e. The molecule has 0 fully saturated rings. The second kappa shape index (κ2) is 12.4. The average molecular weight is 717 g/mol. The summed E-state index contributed by atoms with van der Waals surface area (Å²) in [4.78, 5) is 15.0. The molecule has 2 aromatic heterocycles. The Hall–Kier alpha value is -7.17. The van der Waals surface area contributed by atoms with Gasteiger partial charge in [-0.2, -0.15) is 0 Å². The van der Waals surface area contributed by atoms with Crippen LogP contribution in [0, 0.1) is 0 Å². The molecule has 0 spiro atoms. The van der Waals surface area contributed by atoms with E-state index in [9.17, 15) is 0 Å². The van der Waals surface area contributed by atoms with Crippen molar-refractivity contribution in [2.45, 2.75) is 19.3 Å². The van der Waals surface area contributed by atoms with E-state index in [4.69, 9.17) is 15.0 Å². The minimum atomic E-state index is -0.220. The molecule has 1 aliphatic carbocycles. The first-order valence-electron chi connectivity index (χ1n) is 19.2. The van der Waals surface area contributed by atoms with Gasteiger partial charge in [-0.05, 0) is 80.6 Å². The van der Waals surface area contributed by atoms with Crippen molar-refractivity contribution < 1.29 is 0 Å². The number of hydrogen-bond acceptors (Lipinski definition) is 3. The maximum absolute atomic E-state index is 5.06. The first-order chi connectivity index (χ1) is 27.5. The lowest BCUT2D eigenvalue weighted by atomic mass is 9.80. The van der Waals surface area contributed by atoms with Crippen molar-refractivity contribution in [3.63, 3.8) is 0 Å². The van der Waals surface area contributed by atoms with Gasteiger partial charge in [-0.1, -0.05) is 159 Å². The Balaban J connectivity index is 1.12. The van der Waals surface area contributed by atoms with Crippen molar-refractivity contribution >= 4 is 32.6 Å². The van der Waals surface area contributed by atoms with Gasteiger partial charge in [0, 0.05) is 38.6 Å². The highest BCUT2D eigenvalue weighted by Crippen LogP contribution is 2.55. The van der Waals surface area contributed by atoms with Crippen molar-refractivity contribution in [1.82, 2.24) is 19.5 Å². The van der Waals surface area contributed by atoms with Crippen LogP contribution in [0.1, 0.15) is 25.0 Å². The third kappa shape index (κ3) is 4.96. The molecule has 0 saturated carbocycles. The molecule has 1 aliphatic rings. The molecule has 11 rings (SSSR count). The van der Waals surface area contributed by atoms with E-state index in [1.54, 1.807) is 0 Å². The first kappa shape index (κ1) is 32.3. The molecule has 8 aromatic carbocycles. The fourth-order valence-electron chi connectivity index (χ4n) is 8.90. The van der Waals surface area contributed by atoms with Crippen molar-refractivity contribution in [3.8, 4) is 62.1 Å². The van der Waals surface area contributed by atoms with Crippen LogP contribution in [0.4, 0.5) is 0 Å². The molecule has 0 saturated heterocycles. The third-order valence-corrected chi connectivity index (χ3v) is 11.6. The molecule has 0 N–H and O–H groups in total. The lowest BCUT2D eigenvalue weighted by Gasteiger charge is -2.23. The number of benzene rings is 8. The minimum Gasteiger partial charge on any atom is -0.309 e. The predicted octanol–water partition coefficient (Wildman–Crippen LogP) is 13.1. The molecular weight excluding hydrogens is 681 g/mol. The minimum absolute atomic E-state index is 0.220. The molecule has 0 aliphatic heterocycles. The summed E-state index contributed by atoms with van der Waals surface area (Å²) in [5.41, 5.74) is 13.9. The van der Waals surface area contributed by atoms with E-state index in [1.165, 1.54) is 60.4 Å². The van der Waals surface area contributed by atoms with E-state index >= 15 is 0 Å². The number of para-hydroxylation sites is 1. The van der Waals surface area contributed by atoms with Gasteiger partial charge in [-0.15, -0.1) is 0 Å². The fourth-order valence-corrected chi connectivity index (χ4v) is 8.90. The molecule has 0 atom stereocenters. The summed E-state index contributed by atoms with van der Waals surface area (Å²) in [6, 6.07) is 64.8. The lowest BCUT2D eigenvalue weighted by Crippen LogP contribution is -2.15. The number of aromatic nitrogens is 4. The zero-order valence-electron chi connectivity index (χ0n) is 31.1. The Labute approximate surface area is 325 Å². The molecule has 56 heavy (non-hydrogen) atoms. The lowest BCUT2D eigenvalue weighted by molar-refractivity contribution is 0.661. The van der Waals surface area contributed by atoms with Crippen LogP contribution < -0.4 is 0 Å². The summed E-state index contributed by atoms with van der Waals surface area (Å²) in [5.74, 6) is 1.94. The molecule has 264 valence electrons.